The Bertz CT molecular complexity index is 489. The SMILES string of the molecule is O=C(Cc1ccc(Cl)s1)c1coc(Br)c1. The Labute approximate surface area is 104 Å². The summed E-state index contributed by atoms with van der Waals surface area (Å²) in [6.07, 6.45) is 1.81. The first-order valence-electron chi connectivity index (χ1n) is 4.16. The predicted molar refractivity (Wildman–Crippen MR) is 63.8 cm³/mol. The quantitative estimate of drug-likeness (QED) is 0.796. The maximum atomic E-state index is 11.7. The third-order valence-electron chi connectivity index (χ3n) is 1.85. The predicted octanol–water partition coefficient (Wildman–Crippen LogP) is 4.18. The molecule has 0 spiro atoms. The van der Waals surface area contributed by atoms with Crippen molar-refractivity contribution >= 4 is 44.7 Å². The molecule has 0 radical (unpaired) electrons. The van der Waals surface area contributed by atoms with Gasteiger partial charge in [-0.05, 0) is 28.1 Å². The van der Waals surface area contributed by atoms with Gasteiger partial charge in [-0.25, -0.2) is 0 Å². The Hall–Kier alpha value is -0.580. The number of carbonyl (C=O) groups is 1. The topological polar surface area (TPSA) is 30.2 Å². The monoisotopic (exact) mass is 304 g/mol. The molecule has 0 aliphatic rings. The van der Waals surface area contributed by atoms with Gasteiger partial charge in [0.25, 0.3) is 0 Å². The minimum atomic E-state index is 0.0305. The zero-order valence-electron chi connectivity index (χ0n) is 7.50. The molecule has 0 aliphatic heterocycles. The van der Waals surface area contributed by atoms with Gasteiger partial charge < -0.3 is 4.42 Å². The first-order valence-corrected chi connectivity index (χ1v) is 6.15. The fourth-order valence-corrected chi connectivity index (χ4v) is 2.59. The van der Waals surface area contributed by atoms with Gasteiger partial charge in [-0.15, -0.1) is 11.3 Å². The summed E-state index contributed by atoms with van der Waals surface area (Å²) in [4.78, 5) is 12.7. The minimum absolute atomic E-state index is 0.0305. The van der Waals surface area contributed by atoms with Crippen LogP contribution in [-0.2, 0) is 6.42 Å². The molecule has 15 heavy (non-hydrogen) atoms. The maximum Gasteiger partial charge on any atom is 0.171 e. The smallest absolute Gasteiger partial charge is 0.171 e. The van der Waals surface area contributed by atoms with Crippen molar-refractivity contribution in [2.24, 2.45) is 0 Å². The molecule has 0 unspecified atom stereocenters. The van der Waals surface area contributed by atoms with Crippen molar-refractivity contribution in [2.45, 2.75) is 6.42 Å². The molecule has 0 aromatic carbocycles. The number of thiophene rings is 1. The minimum Gasteiger partial charge on any atom is -0.457 e. The van der Waals surface area contributed by atoms with Crippen LogP contribution in [0, 0.1) is 0 Å². The number of halogens is 2. The van der Waals surface area contributed by atoms with Gasteiger partial charge in [-0.3, -0.25) is 4.79 Å². The molecule has 2 rings (SSSR count). The highest BCUT2D eigenvalue weighted by Crippen LogP contribution is 2.23. The molecule has 0 bridgehead atoms. The van der Waals surface area contributed by atoms with Crippen LogP contribution >= 0.6 is 38.9 Å². The summed E-state index contributed by atoms with van der Waals surface area (Å²) in [5, 5.41) is 0. The van der Waals surface area contributed by atoms with Crippen LogP contribution in [0.4, 0.5) is 0 Å². The van der Waals surface area contributed by atoms with Gasteiger partial charge in [0.15, 0.2) is 10.5 Å². The van der Waals surface area contributed by atoms with Gasteiger partial charge in [0.2, 0.25) is 0 Å². The molecule has 0 amide bonds. The van der Waals surface area contributed by atoms with Crippen LogP contribution < -0.4 is 0 Å². The molecule has 2 aromatic heterocycles. The largest absolute Gasteiger partial charge is 0.457 e. The summed E-state index contributed by atoms with van der Waals surface area (Å²) in [5.74, 6) is 0.0305. The summed E-state index contributed by atoms with van der Waals surface area (Å²) in [6, 6.07) is 5.32. The van der Waals surface area contributed by atoms with Crippen molar-refractivity contribution in [1.82, 2.24) is 0 Å². The van der Waals surface area contributed by atoms with Gasteiger partial charge in [-0.1, -0.05) is 11.6 Å². The average molecular weight is 306 g/mol. The summed E-state index contributed by atoms with van der Waals surface area (Å²) in [6.45, 7) is 0. The zero-order valence-corrected chi connectivity index (χ0v) is 10.7. The molecule has 0 fully saturated rings. The molecular weight excluding hydrogens is 300 g/mol. The summed E-state index contributed by atoms with van der Waals surface area (Å²) >= 11 is 10.3. The van der Waals surface area contributed by atoms with E-state index in [9.17, 15) is 4.79 Å². The van der Waals surface area contributed by atoms with Gasteiger partial charge >= 0.3 is 0 Å². The van der Waals surface area contributed by atoms with Gasteiger partial charge in [0.05, 0.1) is 9.90 Å². The highest BCUT2D eigenvalue weighted by Gasteiger charge is 2.11. The van der Waals surface area contributed by atoms with Crippen molar-refractivity contribution in [3.63, 3.8) is 0 Å². The second-order valence-corrected chi connectivity index (χ2v) is 5.53. The average Bonchev–Trinajstić information content (AvgIpc) is 2.75. The Morgan fingerprint density at radius 2 is 2.33 bits per heavy atom. The highest BCUT2D eigenvalue weighted by atomic mass is 79.9. The van der Waals surface area contributed by atoms with E-state index in [0.717, 1.165) is 4.88 Å². The highest BCUT2D eigenvalue weighted by molar-refractivity contribution is 9.10. The summed E-state index contributed by atoms with van der Waals surface area (Å²) in [5.41, 5.74) is 0.575. The number of hydrogen-bond acceptors (Lipinski definition) is 3. The lowest BCUT2D eigenvalue weighted by Gasteiger charge is -1.92. The number of ketones is 1. The first-order chi connectivity index (χ1) is 7.15. The van der Waals surface area contributed by atoms with E-state index in [1.54, 1.807) is 12.1 Å². The van der Waals surface area contributed by atoms with E-state index >= 15 is 0 Å². The van der Waals surface area contributed by atoms with Gasteiger partial charge in [-0.2, -0.15) is 0 Å². The van der Waals surface area contributed by atoms with E-state index in [0.29, 0.717) is 21.0 Å². The maximum absolute atomic E-state index is 11.7. The third kappa shape index (κ3) is 2.71. The molecule has 0 saturated carbocycles. The van der Waals surface area contributed by atoms with Crippen LogP contribution in [-0.4, -0.2) is 5.78 Å². The lowest BCUT2D eigenvalue weighted by Crippen LogP contribution is -1.99. The number of carbonyl (C=O) groups excluding carboxylic acids is 1. The molecule has 2 heterocycles. The molecule has 0 saturated heterocycles. The Kier molecular flexibility index (Phi) is 3.29. The molecule has 0 aliphatic carbocycles. The molecule has 0 atom stereocenters. The number of Topliss-reactive ketones (excluding diaryl/α,β-unsaturated/α-hetero) is 1. The molecule has 0 N–H and O–H groups in total. The van der Waals surface area contributed by atoms with E-state index < -0.39 is 0 Å². The van der Waals surface area contributed by atoms with E-state index in [1.807, 2.05) is 6.07 Å². The molecule has 78 valence electrons. The number of rotatable bonds is 3. The number of hydrogen-bond donors (Lipinski definition) is 0. The summed E-state index contributed by atoms with van der Waals surface area (Å²) < 4.78 is 6.27. The van der Waals surface area contributed by atoms with Crippen LogP contribution in [0.2, 0.25) is 4.34 Å². The van der Waals surface area contributed by atoms with Crippen LogP contribution in [0.3, 0.4) is 0 Å². The second kappa shape index (κ2) is 4.51. The Balaban J connectivity index is 2.10. The Morgan fingerprint density at radius 3 is 2.87 bits per heavy atom. The van der Waals surface area contributed by atoms with Gasteiger partial charge in [0.1, 0.15) is 6.26 Å². The lowest BCUT2D eigenvalue weighted by atomic mass is 10.1. The van der Waals surface area contributed by atoms with E-state index in [4.69, 9.17) is 16.0 Å². The molecule has 5 heteroatoms. The lowest BCUT2D eigenvalue weighted by molar-refractivity contribution is 0.0993. The summed E-state index contributed by atoms with van der Waals surface area (Å²) in [7, 11) is 0. The normalized spacial score (nSPS) is 10.5. The van der Waals surface area contributed by atoms with E-state index in [-0.39, 0.29) is 5.78 Å². The fourth-order valence-electron chi connectivity index (χ4n) is 1.16. The third-order valence-corrected chi connectivity index (χ3v) is 3.50. The second-order valence-electron chi connectivity index (χ2n) is 2.95. The van der Waals surface area contributed by atoms with Crippen molar-refractivity contribution in [3.05, 3.63) is 43.9 Å². The fraction of sp³-hybridized carbons (Fsp3) is 0.100. The van der Waals surface area contributed by atoms with E-state index in [1.165, 1.54) is 17.6 Å². The van der Waals surface area contributed by atoms with E-state index in [2.05, 4.69) is 15.9 Å². The standard InChI is InChI=1S/C10H6BrClO2S/c11-9-3-6(5-14-9)8(13)4-7-1-2-10(12)15-7/h1-3,5H,4H2. The molecule has 2 nitrogen and oxygen atoms in total. The molecule has 2 aromatic rings. The first kappa shape index (κ1) is 10.9. The van der Waals surface area contributed by atoms with Crippen LogP contribution in [0.15, 0.2) is 33.5 Å². The van der Waals surface area contributed by atoms with Crippen LogP contribution in [0.25, 0.3) is 0 Å². The van der Waals surface area contributed by atoms with Crippen molar-refractivity contribution in [2.75, 3.05) is 0 Å². The van der Waals surface area contributed by atoms with Crippen LogP contribution in [0.5, 0.6) is 0 Å². The zero-order chi connectivity index (χ0) is 10.8. The van der Waals surface area contributed by atoms with Gasteiger partial charge in [0, 0.05) is 17.4 Å². The van der Waals surface area contributed by atoms with Crippen LogP contribution in [0.1, 0.15) is 15.2 Å². The van der Waals surface area contributed by atoms with Crippen molar-refractivity contribution in [3.8, 4) is 0 Å². The van der Waals surface area contributed by atoms with Crippen molar-refractivity contribution < 1.29 is 9.21 Å². The Morgan fingerprint density at radius 1 is 1.53 bits per heavy atom. The molecular formula is C10H6BrClO2S. The number of furan rings is 1. The van der Waals surface area contributed by atoms with Crippen molar-refractivity contribution in [1.29, 1.82) is 0 Å².